The third kappa shape index (κ3) is 2.57. The van der Waals surface area contributed by atoms with Crippen molar-refractivity contribution in [2.24, 2.45) is 0 Å². The Morgan fingerprint density at radius 3 is 2.81 bits per heavy atom. The van der Waals surface area contributed by atoms with Crippen LogP contribution in [-0.2, 0) is 6.54 Å². The largest absolute Gasteiger partial charge is 0.351 e. The van der Waals surface area contributed by atoms with Gasteiger partial charge in [-0.15, -0.1) is 0 Å². The van der Waals surface area contributed by atoms with Gasteiger partial charge in [-0.2, -0.15) is 0 Å². The van der Waals surface area contributed by atoms with Crippen LogP contribution in [0.4, 0.5) is 5.82 Å². The molecule has 81 valence electrons. The summed E-state index contributed by atoms with van der Waals surface area (Å²) in [4.78, 5) is 10.8. The summed E-state index contributed by atoms with van der Waals surface area (Å²) >= 11 is 0. The van der Waals surface area contributed by atoms with Gasteiger partial charge in [0.2, 0.25) is 0 Å². The first-order valence-electron chi connectivity index (χ1n) is 5.37. The van der Waals surface area contributed by atoms with Crippen LogP contribution in [0.25, 0.3) is 0 Å². The molecule has 0 saturated carbocycles. The van der Waals surface area contributed by atoms with Crippen molar-refractivity contribution in [3.8, 4) is 0 Å². The van der Waals surface area contributed by atoms with E-state index in [0.29, 0.717) is 0 Å². The summed E-state index contributed by atoms with van der Waals surface area (Å²) in [5.74, 6) is 0.965. The van der Waals surface area contributed by atoms with Crippen molar-refractivity contribution in [2.45, 2.75) is 13.5 Å². The quantitative estimate of drug-likeness (QED) is 0.778. The third-order valence-corrected chi connectivity index (χ3v) is 2.38. The summed E-state index contributed by atoms with van der Waals surface area (Å²) in [6.45, 7) is 3.81. The van der Waals surface area contributed by atoms with Crippen molar-refractivity contribution in [3.05, 3.63) is 54.5 Å². The van der Waals surface area contributed by atoms with Gasteiger partial charge in [0, 0.05) is 25.0 Å². The van der Waals surface area contributed by atoms with E-state index in [9.17, 15) is 0 Å². The highest BCUT2D eigenvalue weighted by atomic mass is 15.2. The lowest BCUT2D eigenvalue weighted by Crippen LogP contribution is -2.23. The smallest absolute Gasteiger partial charge is 0.128 e. The van der Waals surface area contributed by atoms with E-state index < -0.39 is 0 Å². The van der Waals surface area contributed by atoms with E-state index in [-0.39, 0.29) is 0 Å². The van der Waals surface area contributed by atoms with Crippen molar-refractivity contribution in [2.75, 3.05) is 11.4 Å². The second-order valence-electron chi connectivity index (χ2n) is 3.45. The van der Waals surface area contributed by atoms with Crippen LogP contribution in [0.15, 0.2) is 42.7 Å². The van der Waals surface area contributed by atoms with E-state index in [1.54, 1.807) is 6.20 Å². The highest BCUT2D eigenvalue weighted by molar-refractivity contribution is 5.37. The van der Waals surface area contributed by atoms with E-state index >= 15 is 0 Å². The molecule has 2 aromatic heterocycles. The highest BCUT2D eigenvalue weighted by Crippen LogP contribution is 2.11. The molecule has 0 aliphatic carbocycles. The van der Waals surface area contributed by atoms with Gasteiger partial charge < -0.3 is 4.90 Å². The van der Waals surface area contributed by atoms with Gasteiger partial charge in [-0.3, -0.25) is 4.98 Å². The number of rotatable bonds is 4. The minimum atomic E-state index is 0.786. The first-order chi connectivity index (χ1) is 7.90. The monoisotopic (exact) mass is 212 g/mol. The van der Waals surface area contributed by atoms with Crippen LogP contribution >= 0.6 is 0 Å². The Labute approximate surface area is 95.8 Å². The molecule has 3 heteroatoms. The number of hydrogen-bond donors (Lipinski definition) is 0. The Kier molecular flexibility index (Phi) is 3.49. The molecule has 0 bridgehead atoms. The summed E-state index contributed by atoms with van der Waals surface area (Å²) in [5.41, 5.74) is 1.05. The molecule has 0 aliphatic heterocycles. The Balaban J connectivity index is 2.13. The van der Waals surface area contributed by atoms with E-state index in [1.165, 1.54) is 0 Å². The van der Waals surface area contributed by atoms with Gasteiger partial charge in [0.05, 0.1) is 12.2 Å². The molecular formula is C13H14N3. The maximum atomic E-state index is 4.31. The first kappa shape index (κ1) is 10.6. The molecule has 0 aliphatic rings. The lowest BCUT2D eigenvalue weighted by Gasteiger charge is -2.21. The van der Waals surface area contributed by atoms with Crippen LogP contribution in [0, 0.1) is 6.07 Å². The van der Waals surface area contributed by atoms with Crippen LogP contribution in [0.3, 0.4) is 0 Å². The standard InChI is InChI=1S/C13H14N3/c1-2-16(13-8-4-6-10-15-13)11-12-7-3-5-9-14-12/h3-5,7-10H,2,11H2,1H3. The van der Waals surface area contributed by atoms with Crippen LogP contribution in [0.1, 0.15) is 12.6 Å². The van der Waals surface area contributed by atoms with Crippen molar-refractivity contribution >= 4 is 5.82 Å². The van der Waals surface area contributed by atoms with Crippen LogP contribution < -0.4 is 4.90 Å². The average Bonchev–Trinajstić information content (AvgIpc) is 2.38. The van der Waals surface area contributed by atoms with Crippen LogP contribution in [0.5, 0.6) is 0 Å². The average molecular weight is 212 g/mol. The fourth-order valence-corrected chi connectivity index (χ4v) is 1.54. The van der Waals surface area contributed by atoms with Gasteiger partial charge >= 0.3 is 0 Å². The second-order valence-corrected chi connectivity index (χ2v) is 3.45. The van der Waals surface area contributed by atoms with E-state index in [0.717, 1.165) is 24.6 Å². The molecule has 0 N–H and O–H groups in total. The Bertz CT molecular complexity index is 414. The molecule has 0 atom stereocenters. The first-order valence-corrected chi connectivity index (χ1v) is 5.37. The maximum Gasteiger partial charge on any atom is 0.128 e. The Morgan fingerprint density at radius 2 is 2.19 bits per heavy atom. The van der Waals surface area contributed by atoms with Crippen molar-refractivity contribution in [1.29, 1.82) is 0 Å². The lowest BCUT2D eigenvalue weighted by molar-refractivity contribution is 0.794. The SMILES string of the molecule is CCN(Cc1ccccn1)c1cc[c]cn1. The third-order valence-electron chi connectivity index (χ3n) is 2.38. The molecule has 3 nitrogen and oxygen atoms in total. The minimum Gasteiger partial charge on any atom is -0.351 e. The predicted octanol–water partition coefficient (Wildman–Crippen LogP) is 2.30. The zero-order chi connectivity index (χ0) is 11.2. The molecule has 0 unspecified atom stereocenters. The zero-order valence-corrected chi connectivity index (χ0v) is 9.30. The van der Waals surface area contributed by atoms with Crippen molar-refractivity contribution in [3.63, 3.8) is 0 Å². The van der Waals surface area contributed by atoms with Crippen LogP contribution in [-0.4, -0.2) is 16.5 Å². The van der Waals surface area contributed by atoms with Gasteiger partial charge in [-0.1, -0.05) is 6.07 Å². The van der Waals surface area contributed by atoms with Gasteiger partial charge in [0.15, 0.2) is 0 Å². The van der Waals surface area contributed by atoms with Gasteiger partial charge in [-0.05, 0) is 31.2 Å². The molecule has 16 heavy (non-hydrogen) atoms. The summed E-state index contributed by atoms with van der Waals surface area (Å²) in [5, 5.41) is 0. The molecule has 0 amide bonds. The highest BCUT2D eigenvalue weighted by Gasteiger charge is 2.05. The maximum absolute atomic E-state index is 4.31. The van der Waals surface area contributed by atoms with E-state index in [4.69, 9.17) is 0 Å². The zero-order valence-electron chi connectivity index (χ0n) is 9.30. The van der Waals surface area contributed by atoms with Crippen LogP contribution in [0.2, 0.25) is 0 Å². The number of pyridine rings is 2. The predicted molar refractivity (Wildman–Crippen MR) is 64.0 cm³/mol. The van der Waals surface area contributed by atoms with Gasteiger partial charge in [0.1, 0.15) is 5.82 Å². The molecule has 1 radical (unpaired) electrons. The topological polar surface area (TPSA) is 29.0 Å². The molecule has 2 heterocycles. The molecule has 2 aromatic rings. The Morgan fingerprint density at radius 1 is 1.25 bits per heavy atom. The molecule has 0 aromatic carbocycles. The van der Waals surface area contributed by atoms with Gasteiger partial charge in [-0.25, -0.2) is 4.98 Å². The van der Waals surface area contributed by atoms with E-state index in [1.807, 2.05) is 36.5 Å². The van der Waals surface area contributed by atoms with Crippen molar-refractivity contribution in [1.82, 2.24) is 9.97 Å². The summed E-state index contributed by atoms with van der Waals surface area (Å²) in [6, 6.07) is 12.7. The molecule has 0 fully saturated rings. The second kappa shape index (κ2) is 5.26. The molecule has 0 spiro atoms. The number of hydrogen-bond acceptors (Lipinski definition) is 3. The Hall–Kier alpha value is -1.90. The van der Waals surface area contributed by atoms with E-state index in [2.05, 4.69) is 27.9 Å². The fourth-order valence-electron chi connectivity index (χ4n) is 1.54. The number of nitrogens with zero attached hydrogens (tertiary/aromatic N) is 3. The molecule has 2 rings (SSSR count). The number of anilines is 1. The van der Waals surface area contributed by atoms with Crippen molar-refractivity contribution < 1.29 is 0 Å². The molecular weight excluding hydrogens is 198 g/mol. The lowest BCUT2D eigenvalue weighted by atomic mass is 10.3. The summed E-state index contributed by atoms with van der Waals surface area (Å²) < 4.78 is 0. The summed E-state index contributed by atoms with van der Waals surface area (Å²) in [7, 11) is 0. The summed E-state index contributed by atoms with van der Waals surface area (Å²) in [6.07, 6.45) is 3.51. The van der Waals surface area contributed by atoms with Gasteiger partial charge in [0.25, 0.3) is 0 Å². The minimum absolute atomic E-state index is 0.786. The number of aromatic nitrogens is 2. The molecule has 0 saturated heterocycles. The normalized spacial score (nSPS) is 10.1. The fraction of sp³-hybridized carbons (Fsp3) is 0.231.